The zero-order valence-corrected chi connectivity index (χ0v) is 18.2. The van der Waals surface area contributed by atoms with Crippen LogP contribution in [-0.2, 0) is 13.1 Å². The van der Waals surface area contributed by atoms with E-state index in [1.165, 1.54) is 0 Å². The summed E-state index contributed by atoms with van der Waals surface area (Å²) in [6, 6.07) is 11.3. The van der Waals surface area contributed by atoms with Crippen LogP contribution in [0.15, 0.2) is 36.4 Å². The molecule has 0 spiro atoms. The number of pyridine rings is 1. The largest absolute Gasteiger partial charge is 0.307 e. The average molecular weight is 423 g/mol. The standard InChI is InChI=1S/C22H23ClN6O/c1-5-28-21-20(15(4)27-28)18(9-13(2)24-21)22(30)25-19-10-14(3)26-29(19)12-16-7-6-8-17(23)11-16/h6-11H,5,12H2,1-4H3,(H,25,30). The molecule has 0 saturated heterocycles. The molecule has 3 aromatic heterocycles. The Kier molecular flexibility index (Phi) is 5.30. The minimum absolute atomic E-state index is 0.212. The highest BCUT2D eigenvalue weighted by molar-refractivity contribution is 6.30. The van der Waals surface area contributed by atoms with Crippen molar-refractivity contribution in [1.82, 2.24) is 24.5 Å². The van der Waals surface area contributed by atoms with E-state index in [0.29, 0.717) is 29.5 Å². The number of aryl methyl sites for hydroxylation is 4. The first-order valence-corrected chi connectivity index (χ1v) is 10.2. The second kappa shape index (κ2) is 7.91. The van der Waals surface area contributed by atoms with Crippen LogP contribution >= 0.6 is 11.6 Å². The Bertz CT molecular complexity index is 1260. The Morgan fingerprint density at radius 2 is 1.87 bits per heavy atom. The van der Waals surface area contributed by atoms with Crippen LogP contribution in [0.1, 0.15) is 39.9 Å². The predicted molar refractivity (Wildman–Crippen MR) is 118 cm³/mol. The fourth-order valence-electron chi connectivity index (χ4n) is 3.64. The molecule has 8 heteroatoms. The lowest BCUT2D eigenvalue weighted by atomic mass is 10.1. The fourth-order valence-corrected chi connectivity index (χ4v) is 3.85. The maximum atomic E-state index is 13.3. The summed E-state index contributed by atoms with van der Waals surface area (Å²) in [5.41, 5.74) is 4.66. The zero-order valence-electron chi connectivity index (χ0n) is 17.4. The Hall–Kier alpha value is -3.19. The summed E-state index contributed by atoms with van der Waals surface area (Å²) in [4.78, 5) is 17.9. The first kappa shape index (κ1) is 20.1. The molecule has 0 radical (unpaired) electrons. The van der Waals surface area contributed by atoms with E-state index in [2.05, 4.69) is 20.5 Å². The summed E-state index contributed by atoms with van der Waals surface area (Å²) in [5.74, 6) is 0.414. The number of fused-ring (bicyclic) bond motifs is 1. The minimum Gasteiger partial charge on any atom is -0.307 e. The highest BCUT2D eigenvalue weighted by atomic mass is 35.5. The second-order valence-corrected chi connectivity index (χ2v) is 7.76. The smallest absolute Gasteiger partial charge is 0.257 e. The topological polar surface area (TPSA) is 77.6 Å². The summed E-state index contributed by atoms with van der Waals surface area (Å²) in [7, 11) is 0. The molecule has 0 fully saturated rings. The molecule has 0 saturated carbocycles. The Morgan fingerprint density at radius 1 is 1.07 bits per heavy atom. The van der Waals surface area contributed by atoms with E-state index in [4.69, 9.17) is 11.6 Å². The van der Waals surface area contributed by atoms with Crippen LogP contribution in [0, 0.1) is 20.8 Å². The van der Waals surface area contributed by atoms with E-state index in [-0.39, 0.29) is 5.91 Å². The summed E-state index contributed by atoms with van der Waals surface area (Å²) in [6.07, 6.45) is 0. The van der Waals surface area contributed by atoms with Gasteiger partial charge in [0.25, 0.3) is 5.91 Å². The molecule has 0 aliphatic heterocycles. The van der Waals surface area contributed by atoms with Gasteiger partial charge >= 0.3 is 0 Å². The number of carbonyl (C=O) groups excluding carboxylic acids is 1. The van der Waals surface area contributed by atoms with Crippen molar-refractivity contribution in [3.63, 3.8) is 0 Å². The molecule has 0 unspecified atom stereocenters. The van der Waals surface area contributed by atoms with Gasteiger partial charge in [0.2, 0.25) is 0 Å². The monoisotopic (exact) mass is 422 g/mol. The van der Waals surface area contributed by atoms with Crippen molar-refractivity contribution >= 4 is 34.4 Å². The number of aromatic nitrogens is 5. The van der Waals surface area contributed by atoms with Crippen LogP contribution in [-0.4, -0.2) is 30.5 Å². The first-order chi connectivity index (χ1) is 14.4. The molecular formula is C22H23ClN6O. The number of hydrogen-bond acceptors (Lipinski definition) is 4. The lowest BCUT2D eigenvalue weighted by Gasteiger charge is -2.11. The van der Waals surface area contributed by atoms with Gasteiger partial charge in [-0.1, -0.05) is 23.7 Å². The van der Waals surface area contributed by atoms with Crippen molar-refractivity contribution in [1.29, 1.82) is 0 Å². The van der Waals surface area contributed by atoms with Crippen LogP contribution in [0.5, 0.6) is 0 Å². The van der Waals surface area contributed by atoms with Gasteiger partial charge in [-0.3, -0.25) is 4.79 Å². The number of carbonyl (C=O) groups is 1. The molecule has 7 nitrogen and oxygen atoms in total. The van der Waals surface area contributed by atoms with Crippen molar-refractivity contribution in [3.8, 4) is 0 Å². The number of rotatable bonds is 5. The van der Waals surface area contributed by atoms with Gasteiger partial charge in [-0.05, 0) is 51.5 Å². The summed E-state index contributed by atoms with van der Waals surface area (Å²) in [5, 5.41) is 13.5. The van der Waals surface area contributed by atoms with Crippen LogP contribution < -0.4 is 5.32 Å². The van der Waals surface area contributed by atoms with E-state index >= 15 is 0 Å². The Balaban J connectivity index is 1.69. The minimum atomic E-state index is -0.212. The molecule has 1 aromatic carbocycles. The van der Waals surface area contributed by atoms with Crippen molar-refractivity contribution in [2.75, 3.05) is 5.32 Å². The van der Waals surface area contributed by atoms with Gasteiger partial charge in [-0.2, -0.15) is 10.2 Å². The molecule has 30 heavy (non-hydrogen) atoms. The third-order valence-electron chi connectivity index (χ3n) is 4.91. The molecule has 4 aromatic rings. The number of amides is 1. The Morgan fingerprint density at radius 3 is 2.60 bits per heavy atom. The maximum Gasteiger partial charge on any atom is 0.257 e. The number of hydrogen-bond donors (Lipinski definition) is 1. The molecule has 3 heterocycles. The van der Waals surface area contributed by atoms with Gasteiger partial charge in [-0.25, -0.2) is 14.3 Å². The van der Waals surface area contributed by atoms with Gasteiger partial charge < -0.3 is 5.32 Å². The first-order valence-electron chi connectivity index (χ1n) is 9.80. The molecule has 0 aliphatic carbocycles. The summed E-state index contributed by atoms with van der Waals surface area (Å²) in [6.45, 7) is 8.87. The highest BCUT2D eigenvalue weighted by Gasteiger charge is 2.20. The molecule has 1 N–H and O–H groups in total. The molecule has 1 amide bonds. The van der Waals surface area contributed by atoms with Crippen molar-refractivity contribution in [3.05, 3.63) is 69.6 Å². The maximum absolute atomic E-state index is 13.3. The normalized spacial score (nSPS) is 11.2. The summed E-state index contributed by atoms with van der Waals surface area (Å²) >= 11 is 6.11. The van der Waals surface area contributed by atoms with Gasteiger partial charge in [0.1, 0.15) is 5.82 Å². The second-order valence-electron chi connectivity index (χ2n) is 7.32. The molecule has 4 rings (SSSR count). The summed E-state index contributed by atoms with van der Waals surface area (Å²) < 4.78 is 3.59. The van der Waals surface area contributed by atoms with Crippen molar-refractivity contribution in [2.24, 2.45) is 0 Å². The quantitative estimate of drug-likeness (QED) is 0.512. The van der Waals surface area contributed by atoms with Gasteiger partial charge in [0.05, 0.1) is 28.9 Å². The number of nitrogens with zero attached hydrogens (tertiary/aromatic N) is 5. The number of benzene rings is 1. The molecule has 0 aliphatic rings. The fraction of sp³-hybridized carbons (Fsp3) is 0.273. The molecule has 0 atom stereocenters. The van der Waals surface area contributed by atoms with Gasteiger partial charge in [0.15, 0.2) is 5.65 Å². The highest BCUT2D eigenvalue weighted by Crippen LogP contribution is 2.24. The molecule has 154 valence electrons. The van der Waals surface area contributed by atoms with Gasteiger partial charge in [-0.15, -0.1) is 0 Å². The van der Waals surface area contributed by atoms with E-state index in [9.17, 15) is 4.79 Å². The van der Waals surface area contributed by atoms with E-state index in [1.54, 1.807) is 10.7 Å². The molecule has 0 bridgehead atoms. The van der Waals surface area contributed by atoms with E-state index < -0.39 is 0 Å². The average Bonchev–Trinajstić information content (AvgIpc) is 3.19. The van der Waals surface area contributed by atoms with Gasteiger partial charge in [0, 0.05) is 23.3 Å². The lowest BCUT2D eigenvalue weighted by molar-refractivity contribution is 0.102. The van der Waals surface area contributed by atoms with Crippen LogP contribution in [0.2, 0.25) is 5.02 Å². The third-order valence-corrected chi connectivity index (χ3v) is 5.15. The van der Waals surface area contributed by atoms with Crippen LogP contribution in [0.4, 0.5) is 5.82 Å². The number of halogens is 1. The van der Waals surface area contributed by atoms with Crippen LogP contribution in [0.25, 0.3) is 11.0 Å². The SMILES string of the molecule is CCn1nc(C)c2c(C(=O)Nc3cc(C)nn3Cc3cccc(Cl)c3)cc(C)nc21. The van der Waals surface area contributed by atoms with E-state index in [1.807, 2.05) is 62.7 Å². The number of anilines is 1. The van der Waals surface area contributed by atoms with E-state index in [0.717, 1.165) is 33.7 Å². The predicted octanol–water partition coefficient (Wildman–Crippen LogP) is 4.53. The number of nitrogens with one attached hydrogen (secondary N) is 1. The third kappa shape index (κ3) is 3.80. The lowest BCUT2D eigenvalue weighted by Crippen LogP contribution is -2.17. The van der Waals surface area contributed by atoms with Crippen molar-refractivity contribution in [2.45, 2.75) is 40.8 Å². The van der Waals surface area contributed by atoms with Crippen LogP contribution in [0.3, 0.4) is 0 Å². The van der Waals surface area contributed by atoms with Crippen molar-refractivity contribution < 1.29 is 4.79 Å². The Labute approximate surface area is 179 Å². The molecular weight excluding hydrogens is 400 g/mol. The zero-order chi connectivity index (χ0) is 21.4.